The van der Waals surface area contributed by atoms with E-state index in [1.807, 2.05) is 0 Å². The number of alkyl halides is 3. The van der Waals surface area contributed by atoms with Crippen molar-refractivity contribution in [1.82, 2.24) is 4.98 Å². The van der Waals surface area contributed by atoms with Gasteiger partial charge in [-0.05, 0) is 31.7 Å². The zero-order chi connectivity index (χ0) is 15.3. The van der Waals surface area contributed by atoms with Crippen LogP contribution in [0, 0.1) is 5.92 Å². The fourth-order valence-corrected chi connectivity index (χ4v) is 3.59. The number of rotatable bonds is 2. The number of nitrogens with one attached hydrogen (secondary N) is 1. The largest absolute Gasteiger partial charge is 0.417 e. The number of hydrogen-bond acceptors (Lipinski definition) is 3. The van der Waals surface area contributed by atoms with Gasteiger partial charge in [-0.25, -0.2) is 8.42 Å². The highest BCUT2D eigenvalue weighted by Gasteiger charge is 2.55. The Hall–Kier alpha value is -1.02. The highest BCUT2D eigenvalue weighted by molar-refractivity contribution is 7.90. The highest BCUT2D eigenvalue weighted by Crippen LogP contribution is 2.42. The van der Waals surface area contributed by atoms with E-state index in [0.717, 1.165) is 13.2 Å². The summed E-state index contributed by atoms with van der Waals surface area (Å²) in [5, 5.41) is 9.71. The van der Waals surface area contributed by atoms with Gasteiger partial charge >= 0.3 is 6.18 Å². The summed E-state index contributed by atoms with van der Waals surface area (Å²) >= 11 is 0. The SMILES string of the molecule is CC(O)(C1CCc2c(S(C)(=O)=O)c[nH]c2C1)C(F)(F)F. The van der Waals surface area contributed by atoms with Crippen molar-refractivity contribution in [3.8, 4) is 0 Å². The van der Waals surface area contributed by atoms with Crippen LogP contribution in [0.25, 0.3) is 0 Å². The Labute approximate surface area is 114 Å². The molecule has 2 unspecified atom stereocenters. The smallest absolute Gasteiger partial charge is 0.380 e. The third-order valence-electron chi connectivity index (χ3n) is 4.00. The molecule has 1 aromatic rings. The van der Waals surface area contributed by atoms with Crippen LogP contribution in [0.15, 0.2) is 11.1 Å². The Bertz CT molecular complexity index is 616. The molecule has 4 nitrogen and oxygen atoms in total. The fourth-order valence-electron chi connectivity index (χ4n) is 2.64. The lowest BCUT2D eigenvalue weighted by atomic mass is 9.77. The lowest BCUT2D eigenvalue weighted by molar-refractivity contribution is -0.273. The molecule has 0 saturated heterocycles. The van der Waals surface area contributed by atoms with E-state index in [2.05, 4.69) is 4.98 Å². The molecule has 114 valence electrons. The third kappa shape index (κ3) is 2.46. The summed E-state index contributed by atoms with van der Waals surface area (Å²) in [5.74, 6) is -0.985. The van der Waals surface area contributed by atoms with Gasteiger partial charge in [0.1, 0.15) is 0 Å². The molecule has 8 heteroatoms. The van der Waals surface area contributed by atoms with E-state index in [-0.39, 0.29) is 24.2 Å². The van der Waals surface area contributed by atoms with Crippen LogP contribution in [0.3, 0.4) is 0 Å². The van der Waals surface area contributed by atoms with Crippen LogP contribution in [0.1, 0.15) is 24.6 Å². The van der Waals surface area contributed by atoms with Gasteiger partial charge in [-0.2, -0.15) is 13.2 Å². The van der Waals surface area contributed by atoms with Crippen LogP contribution in [-0.4, -0.2) is 36.5 Å². The fraction of sp³-hybridized carbons (Fsp3) is 0.667. The summed E-state index contributed by atoms with van der Waals surface area (Å²) in [7, 11) is -3.40. The first-order chi connectivity index (χ1) is 8.94. The average Bonchev–Trinajstić information content (AvgIpc) is 2.69. The van der Waals surface area contributed by atoms with E-state index in [1.54, 1.807) is 0 Å². The van der Waals surface area contributed by atoms with Crippen LogP contribution in [-0.2, 0) is 22.7 Å². The molecule has 0 spiro atoms. The van der Waals surface area contributed by atoms with Crippen molar-refractivity contribution in [3.63, 3.8) is 0 Å². The molecule has 0 radical (unpaired) electrons. The summed E-state index contributed by atoms with van der Waals surface area (Å²) < 4.78 is 61.6. The van der Waals surface area contributed by atoms with Gasteiger partial charge in [-0.3, -0.25) is 0 Å². The molecule has 1 aromatic heterocycles. The second-order valence-corrected chi connectivity index (χ2v) is 7.45. The second-order valence-electron chi connectivity index (χ2n) is 5.47. The Morgan fingerprint density at radius 3 is 2.50 bits per heavy atom. The first-order valence-corrected chi connectivity index (χ1v) is 8.02. The number of aromatic amines is 1. The summed E-state index contributed by atoms with van der Waals surface area (Å²) in [6, 6.07) is 0. The molecule has 0 amide bonds. The second kappa shape index (κ2) is 4.49. The number of aliphatic hydroxyl groups is 1. The van der Waals surface area contributed by atoms with E-state index in [0.29, 0.717) is 11.3 Å². The maximum atomic E-state index is 12.8. The summed E-state index contributed by atoms with van der Waals surface area (Å²) in [6.07, 6.45) is -2.05. The minimum absolute atomic E-state index is 0.0165. The molecular weight excluding hydrogens is 295 g/mol. The molecule has 0 aliphatic heterocycles. The number of halogens is 3. The van der Waals surface area contributed by atoms with Crippen LogP contribution < -0.4 is 0 Å². The van der Waals surface area contributed by atoms with E-state index in [1.165, 1.54) is 6.20 Å². The maximum Gasteiger partial charge on any atom is 0.417 e. The molecule has 2 atom stereocenters. The Morgan fingerprint density at radius 1 is 1.40 bits per heavy atom. The van der Waals surface area contributed by atoms with Crippen LogP contribution in [0.5, 0.6) is 0 Å². The van der Waals surface area contributed by atoms with Gasteiger partial charge in [0.25, 0.3) is 0 Å². The predicted molar refractivity (Wildman–Crippen MR) is 66.1 cm³/mol. The molecule has 0 fully saturated rings. The van der Waals surface area contributed by atoms with Gasteiger partial charge in [-0.1, -0.05) is 0 Å². The molecule has 20 heavy (non-hydrogen) atoms. The number of hydrogen-bond donors (Lipinski definition) is 2. The number of aromatic nitrogens is 1. The molecule has 2 N–H and O–H groups in total. The van der Waals surface area contributed by atoms with Gasteiger partial charge in [-0.15, -0.1) is 0 Å². The first-order valence-electron chi connectivity index (χ1n) is 6.13. The quantitative estimate of drug-likeness (QED) is 0.875. The van der Waals surface area contributed by atoms with E-state index in [9.17, 15) is 26.7 Å². The molecule has 1 aliphatic carbocycles. The molecule has 1 aliphatic rings. The zero-order valence-corrected chi connectivity index (χ0v) is 11.9. The van der Waals surface area contributed by atoms with Gasteiger partial charge < -0.3 is 10.1 Å². The Morgan fingerprint density at radius 2 is 2.00 bits per heavy atom. The average molecular weight is 311 g/mol. The van der Waals surface area contributed by atoms with Crippen LogP contribution in [0.4, 0.5) is 13.2 Å². The number of sulfone groups is 1. The standard InChI is InChI=1S/C12H16F3NO3S/c1-11(17,12(13,14)15)7-3-4-8-9(5-7)16-6-10(8)20(2,18)19/h6-7,16-17H,3-5H2,1-2H3. The molecular formula is C12H16F3NO3S. The van der Waals surface area contributed by atoms with E-state index in [4.69, 9.17) is 0 Å². The molecule has 1 heterocycles. The Balaban J connectivity index is 2.32. The molecule has 0 saturated carbocycles. The van der Waals surface area contributed by atoms with Gasteiger partial charge in [0.15, 0.2) is 15.4 Å². The summed E-state index contributed by atoms with van der Waals surface area (Å²) in [5.41, 5.74) is -1.77. The van der Waals surface area contributed by atoms with Crippen LogP contribution >= 0.6 is 0 Å². The lowest BCUT2D eigenvalue weighted by Gasteiger charge is -2.36. The summed E-state index contributed by atoms with van der Waals surface area (Å²) in [6.45, 7) is 0.767. The van der Waals surface area contributed by atoms with Gasteiger partial charge in [0.05, 0.1) is 4.90 Å². The Kier molecular flexibility index (Phi) is 3.45. The van der Waals surface area contributed by atoms with Crippen molar-refractivity contribution in [2.45, 2.75) is 42.9 Å². The highest BCUT2D eigenvalue weighted by atomic mass is 32.2. The first kappa shape index (κ1) is 15.4. The van der Waals surface area contributed by atoms with Crippen LogP contribution in [0.2, 0.25) is 0 Å². The molecule has 0 aromatic carbocycles. The van der Waals surface area contributed by atoms with Crippen molar-refractivity contribution >= 4 is 9.84 Å². The summed E-state index contributed by atoms with van der Waals surface area (Å²) in [4.78, 5) is 2.87. The van der Waals surface area contributed by atoms with Gasteiger partial charge in [0, 0.05) is 24.1 Å². The number of fused-ring (bicyclic) bond motifs is 1. The van der Waals surface area contributed by atoms with E-state index < -0.39 is 27.5 Å². The number of H-pyrrole nitrogens is 1. The maximum absolute atomic E-state index is 12.8. The minimum Gasteiger partial charge on any atom is -0.380 e. The van der Waals surface area contributed by atoms with Crippen molar-refractivity contribution in [2.24, 2.45) is 5.92 Å². The third-order valence-corrected chi connectivity index (χ3v) is 5.16. The van der Waals surface area contributed by atoms with Crippen molar-refractivity contribution in [1.29, 1.82) is 0 Å². The van der Waals surface area contributed by atoms with Crippen molar-refractivity contribution in [2.75, 3.05) is 6.26 Å². The van der Waals surface area contributed by atoms with Gasteiger partial charge in [0.2, 0.25) is 0 Å². The monoisotopic (exact) mass is 311 g/mol. The molecule has 2 rings (SSSR count). The van der Waals surface area contributed by atoms with E-state index >= 15 is 0 Å². The van der Waals surface area contributed by atoms with Crippen molar-refractivity contribution in [3.05, 3.63) is 17.5 Å². The zero-order valence-electron chi connectivity index (χ0n) is 11.1. The normalized spacial score (nSPS) is 23.2. The van der Waals surface area contributed by atoms with Crippen molar-refractivity contribution < 1.29 is 26.7 Å². The predicted octanol–water partition coefficient (Wildman–Crippen LogP) is 1.84. The topological polar surface area (TPSA) is 70.2 Å². The lowest BCUT2D eigenvalue weighted by Crippen LogP contribution is -2.50. The molecule has 0 bridgehead atoms. The minimum atomic E-state index is -4.71.